The largest absolute Gasteiger partial charge is 0.446 e. The number of thioether (sulfide) groups is 1. The molecule has 2 atom stereocenters. The number of rotatable bonds is 8. The second-order valence-electron chi connectivity index (χ2n) is 12.4. The third kappa shape index (κ3) is 5.57. The van der Waals surface area contributed by atoms with E-state index >= 15 is 4.79 Å². The molecule has 0 saturated carbocycles. The van der Waals surface area contributed by atoms with Crippen molar-refractivity contribution in [2.75, 3.05) is 42.9 Å². The average Bonchev–Trinajstić information content (AvgIpc) is 3.32. The number of alkyl halides is 3. The summed E-state index contributed by atoms with van der Waals surface area (Å²) >= 11 is -0.257. The monoisotopic (exact) mass is 672 g/mol. The van der Waals surface area contributed by atoms with Crippen LogP contribution in [0.15, 0.2) is 90.1 Å². The summed E-state index contributed by atoms with van der Waals surface area (Å²) in [6.07, 6.45) is 3.42. The lowest BCUT2D eigenvalue weighted by Crippen LogP contribution is -2.55. The fourth-order valence-electron chi connectivity index (χ4n) is 6.89. The Kier molecular flexibility index (Phi) is 8.49. The van der Waals surface area contributed by atoms with Crippen molar-refractivity contribution in [3.8, 4) is 0 Å². The molecule has 3 aromatic carbocycles. The van der Waals surface area contributed by atoms with Crippen LogP contribution >= 0.6 is 11.8 Å². The van der Waals surface area contributed by atoms with Gasteiger partial charge in [-0.2, -0.15) is 13.2 Å². The predicted octanol–water partition coefficient (Wildman–Crippen LogP) is 7.93. The Labute approximate surface area is 280 Å². The Morgan fingerprint density at radius 2 is 1.23 bits per heavy atom. The minimum atomic E-state index is -4.47. The lowest BCUT2D eigenvalue weighted by atomic mass is 9.68. The number of hydrogen-bond donors (Lipinski definition) is 1. The standard InChI is InChI=1S/C36H35F3N6O2S/c1-21(25-17-19-40-31-27(25)9-7-11-29(31)43(3)4)35(22(2)26-18-20-41-32-28(26)10-8-12-30(32)44(5)6)33(46)45(34(47)42-35)23-13-15-24(16-14-23)48-36(37,38)39/h7-22H,1-6H3,(H,42,47). The number of halogens is 3. The number of urea groups is 1. The van der Waals surface area contributed by atoms with E-state index in [0.29, 0.717) is 0 Å². The molecule has 0 radical (unpaired) electrons. The second-order valence-corrected chi connectivity index (χ2v) is 13.5. The fourth-order valence-corrected chi connectivity index (χ4v) is 7.43. The maximum absolute atomic E-state index is 15.0. The number of carbonyl (C=O) groups is 2. The summed E-state index contributed by atoms with van der Waals surface area (Å²) in [7, 11) is 7.74. The number of benzene rings is 3. The van der Waals surface area contributed by atoms with E-state index in [9.17, 15) is 18.0 Å². The molecule has 1 aliphatic rings. The Hall–Kier alpha value is -4.84. The first-order chi connectivity index (χ1) is 22.7. The molecule has 3 heterocycles. The number of aromatic nitrogens is 2. The van der Waals surface area contributed by atoms with Crippen molar-refractivity contribution in [3.63, 3.8) is 0 Å². The molecule has 5 aromatic rings. The highest BCUT2D eigenvalue weighted by Crippen LogP contribution is 2.48. The molecule has 48 heavy (non-hydrogen) atoms. The van der Waals surface area contributed by atoms with E-state index in [0.717, 1.165) is 49.2 Å². The quantitative estimate of drug-likeness (QED) is 0.132. The van der Waals surface area contributed by atoms with Gasteiger partial charge in [0, 0.05) is 68.1 Å². The summed E-state index contributed by atoms with van der Waals surface area (Å²) in [5, 5.41) is 4.79. The number of anilines is 3. The Balaban J connectivity index is 1.55. The van der Waals surface area contributed by atoms with Gasteiger partial charge in [-0.05, 0) is 71.4 Å². The Morgan fingerprint density at radius 1 is 0.750 bits per heavy atom. The summed E-state index contributed by atoms with van der Waals surface area (Å²) in [5.74, 6) is -1.68. The summed E-state index contributed by atoms with van der Waals surface area (Å²) in [6.45, 7) is 3.85. The van der Waals surface area contributed by atoms with Crippen LogP contribution in [0.5, 0.6) is 0 Å². The molecule has 6 rings (SSSR count). The van der Waals surface area contributed by atoms with Gasteiger partial charge in [-0.3, -0.25) is 14.8 Å². The zero-order valence-electron chi connectivity index (χ0n) is 27.3. The fraction of sp³-hybridized carbons (Fsp3) is 0.278. The first kappa shape index (κ1) is 33.1. The van der Waals surface area contributed by atoms with E-state index in [1.165, 1.54) is 24.3 Å². The van der Waals surface area contributed by atoms with Crippen LogP contribution in [0.4, 0.5) is 35.0 Å². The molecule has 12 heteroatoms. The van der Waals surface area contributed by atoms with Crippen LogP contribution in [0, 0.1) is 0 Å². The molecule has 0 bridgehead atoms. The van der Waals surface area contributed by atoms with Gasteiger partial charge in [-0.1, -0.05) is 38.1 Å². The van der Waals surface area contributed by atoms with E-state index in [-0.39, 0.29) is 22.3 Å². The third-order valence-electron chi connectivity index (χ3n) is 9.23. The van der Waals surface area contributed by atoms with Gasteiger partial charge >= 0.3 is 11.5 Å². The van der Waals surface area contributed by atoms with Gasteiger partial charge in [0.15, 0.2) is 0 Å². The summed E-state index contributed by atoms with van der Waals surface area (Å²) in [6, 6.07) is 20.1. The molecule has 0 aliphatic carbocycles. The van der Waals surface area contributed by atoms with Crippen molar-refractivity contribution in [2.24, 2.45) is 0 Å². The number of nitrogens with one attached hydrogen (secondary N) is 1. The number of hydrogen-bond acceptors (Lipinski definition) is 7. The van der Waals surface area contributed by atoms with Crippen molar-refractivity contribution >= 4 is 62.6 Å². The molecule has 2 unspecified atom stereocenters. The zero-order chi connectivity index (χ0) is 34.5. The molecule has 1 N–H and O–H groups in total. The number of fused-ring (bicyclic) bond motifs is 2. The number of pyridine rings is 2. The van der Waals surface area contributed by atoms with Gasteiger partial charge in [-0.15, -0.1) is 0 Å². The lowest BCUT2D eigenvalue weighted by molar-refractivity contribution is -0.123. The topological polar surface area (TPSA) is 81.7 Å². The van der Waals surface area contributed by atoms with E-state index in [1.54, 1.807) is 12.4 Å². The maximum Gasteiger partial charge on any atom is 0.446 e. The highest BCUT2D eigenvalue weighted by molar-refractivity contribution is 8.00. The van der Waals surface area contributed by atoms with E-state index < -0.39 is 34.8 Å². The minimum absolute atomic E-state index is 0.0498. The Bertz CT molecular complexity index is 1940. The Morgan fingerprint density at radius 3 is 1.67 bits per heavy atom. The van der Waals surface area contributed by atoms with Crippen molar-refractivity contribution < 1.29 is 22.8 Å². The van der Waals surface area contributed by atoms with Crippen LogP contribution in [0.2, 0.25) is 0 Å². The molecule has 1 aliphatic heterocycles. The van der Waals surface area contributed by atoms with Gasteiger partial charge in [0.1, 0.15) is 5.54 Å². The van der Waals surface area contributed by atoms with E-state index in [4.69, 9.17) is 0 Å². The average molecular weight is 673 g/mol. The van der Waals surface area contributed by atoms with Crippen LogP contribution < -0.4 is 20.0 Å². The van der Waals surface area contributed by atoms with Crippen LogP contribution in [0.3, 0.4) is 0 Å². The first-order valence-electron chi connectivity index (χ1n) is 15.4. The maximum atomic E-state index is 15.0. The first-order valence-corrected chi connectivity index (χ1v) is 16.2. The van der Waals surface area contributed by atoms with Gasteiger partial charge < -0.3 is 15.1 Å². The number of imide groups is 1. The molecule has 3 amide bonds. The van der Waals surface area contributed by atoms with E-state index in [2.05, 4.69) is 15.3 Å². The predicted molar refractivity (Wildman–Crippen MR) is 186 cm³/mol. The van der Waals surface area contributed by atoms with Gasteiger partial charge in [0.05, 0.1) is 28.1 Å². The summed E-state index contributed by atoms with van der Waals surface area (Å²) in [5.41, 5.74) is -0.860. The van der Waals surface area contributed by atoms with Gasteiger partial charge in [-0.25, -0.2) is 9.69 Å². The summed E-state index contributed by atoms with van der Waals surface area (Å²) < 4.78 is 39.1. The normalized spacial score (nSPS) is 17.9. The second kappa shape index (κ2) is 12.3. The molecular formula is C36H35F3N6O2S. The van der Waals surface area contributed by atoms with Crippen molar-refractivity contribution in [1.82, 2.24) is 15.3 Å². The summed E-state index contributed by atoms with van der Waals surface area (Å²) in [4.78, 5) is 43.3. The van der Waals surface area contributed by atoms with Crippen LogP contribution in [-0.4, -0.2) is 61.1 Å². The number of para-hydroxylation sites is 2. The number of amides is 3. The van der Waals surface area contributed by atoms with Crippen LogP contribution in [0.25, 0.3) is 21.8 Å². The minimum Gasteiger partial charge on any atom is -0.376 e. The lowest BCUT2D eigenvalue weighted by Gasteiger charge is -2.39. The van der Waals surface area contributed by atoms with Crippen molar-refractivity contribution in [3.05, 3.63) is 96.3 Å². The van der Waals surface area contributed by atoms with Crippen molar-refractivity contribution in [1.29, 1.82) is 0 Å². The molecular weight excluding hydrogens is 637 g/mol. The number of carbonyl (C=O) groups excluding carboxylic acids is 2. The van der Waals surface area contributed by atoms with Crippen LogP contribution in [0.1, 0.15) is 36.8 Å². The molecule has 248 valence electrons. The molecule has 1 saturated heterocycles. The smallest absolute Gasteiger partial charge is 0.376 e. The molecule has 1 fully saturated rings. The number of nitrogens with zero attached hydrogens (tertiary/aromatic N) is 5. The van der Waals surface area contributed by atoms with Gasteiger partial charge in [0.25, 0.3) is 5.91 Å². The third-order valence-corrected chi connectivity index (χ3v) is 9.97. The molecule has 8 nitrogen and oxygen atoms in total. The molecule has 0 spiro atoms. The SMILES string of the molecule is CC(c1ccnc2c(N(C)C)cccc12)C1(C(C)c2ccnc3c(N(C)C)cccc23)NC(=O)N(c2ccc(SC(F)(F)F)cc2)C1=O. The van der Waals surface area contributed by atoms with E-state index in [1.807, 2.05) is 100 Å². The highest BCUT2D eigenvalue weighted by atomic mass is 32.2. The van der Waals surface area contributed by atoms with Crippen LogP contribution in [-0.2, 0) is 4.79 Å². The van der Waals surface area contributed by atoms with Crippen molar-refractivity contribution in [2.45, 2.75) is 41.6 Å². The zero-order valence-corrected chi connectivity index (χ0v) is 28.1. The molecule has 2 aromatic heterocycles. The highest BCUT2D eigenvalue weighted by Gasteiger charge is 2.59. The van der Waals surface area contributed by atoms with Gasteiger partial charge in [0.2, 0.25) is 0 Å².